The first-order valence-corrected chi connectivity index (χ1v) is 8.40. The van der Waals surface area contributed by atoms with Gasteiger partial charge in [-0.2, -0.15) is 0 Å². The van der Waals surface area contributed by atoms with Crippen molar-refractivity contribution in [1.82, 2.24) is 5.32 Å². The summed E-state index contributed by atoms with van der Waals surface area (Å²) in [7, 11) is -3.03. The van der Waals surface area contributed by atoms with Crippen LogP contribution in [0.4, 0.5) is 4.79 Å². The fourth-order valence-corrected chi connectivity index (χ4v) is 2.80. The van der Waals surface area contributed by atoms with E-state index in [1.807, 2.05) is 0 Å². The fourth-order valence-electron chi connectivity index (χ4n) is 1.86. The van der Waals surface area contributed by atoms with Gasteiger partial charge in [-0.25, -0.2) is 13.2 Å². The zero-order chi connectivity index (χ0) is 14.7. The maximum Gasteiger partial charge on any atom is 0.407 e. The van der Waals surface area contributed by atoms with Crippen molar-refractivity contribution in [2.24, 2.45) is 0 Å². The molecule has 1 saturated heterocycles. The Morgan fingerprint density at radius 1 is 1.37 bits per heavy atom. The Balaban J connectivity index is 2.33. The molecule has 1 amide bonds. The molecule has 1 fully saturated rings. The van der Waals surface area contributed by atoms with Gasteiger partial charge in [0.1, 0.15) is 15.4 Å². The molecule has 0 aromatic rings. The van der Waals surface area contributed by atoms with E-state index in [1.165, 1.54) is 6.26 Å². The molecule has 0 aromatic carbocycles. The molecule has 1 N–H and O–H groups in total. The minimum Gasteiger partial charge on any atom is -0.444 e. The minimum absolute atomic E-state index is 0.0339. The SMILES string of the molecule is CC(C)(C)OC(=O)N[C@@H]1CC[C@@H](CS(C)(=O)=O)OC1. The average molecular weight is 293 g/mol. The van der Waals surface area contributed by atoms with Crippen LogP contribution in [0.2, 0.25) is 0 Å². The number of hydrogen-bond acceptors (Lipinski definition) is 5. The summed E-state index contributed by atoms with van der Waals surface area (Å²) in [4.78, 5) is 11.6. The number of hydrogen-bond donors (Lipinski definition) is 1. The van der Waals surface area contributed by atoms with E-state index in [0.29, 0.717) is 19.4 Å². The number of amides is 1. The van der Waals surface area contributed by atoms with Crippen LogP contribution in [0.25, 0.3) is 0 Å². The summed E-state index contributed by atoms with van der Waals surface area (Å²) in [6.07, 6.45) is 1.77. The monoisotopic (exact) mass is 293 g/mol. The van der Waals surface area contributed by atoms with Gasteiger partial charge < -0.3 is 14.8 Å². The molecule has 0 aliphatic carbocycles. The maximum absolute atomic E-state index is 11.6. The predicted molar refractivity (Wildman–Crippen MR) is 71.8 cm³/mol. The Morgan fingerprint density at radius 3 is 2.42 bits per heavy atom. The number of carbonyl (C=O) groups is 1. The van der Waals surface area contributed by atoms with Gasteiger partial charge in [-0.3, -0.25) is 0 Å². The van der Waals surface area contributed by atoms with E-state index >= 15 is 0 Å². The number of nitrogens with one attached hydrogen (secondary N) is 1. The van der Waals surface area contributed by atoms with E-state index in [9.17, 15) is 13.2 Å². The second-order valence-corrected chi connectivity index (χ2v) is 8.15. The number of carbonyl (C=O) groups excluding carboxylic acids is 1. The molecule has 0 radical (unpaired) electrons. The molecule has 1 heterocycles. The first-order valence-electron chi connectivity index (χ1n) is 6.34. The first kappa shape index (κ1) is 16.2. The van der Waals surface area contributed by atoms with Gasteiger partial charge in [-0.15, -0.1) is 0 Å². The van der Waals surface area contributed by atoms with Crippen molar-refractivity contribution in [1.29, 1.82) is 0 Å². The zero-order valence-corrected chi connectivity index (χ0v) is 12.7. The molecule has 0 aromatic heterocycles. The summed E-state index contributed by atoms with van der Waals surface area (Å²) >= 11 is 0. The molecule has 0 spiro atoms. The average Bonchev–Trinajstić information content (AvgIpc) is 2.15. The molecule has 19 heavy (non-hydrogen) atoms. The molecule has 2 atom stereocenters. The van der Waals surface area contributed by atoms with Crippen molar-refractivity contribution < 1.29 is 22.7 Å². The van der Waals surface area contributed by atoms with Crippen molar-refractivity contribution >= 4 is 15.9 Å². The highest BCUT2D eigenvalue weighted by atomic mass is 32.2. The third kappa shape index (κ3) is 7.37. The summed E-state index contributed by atoms with van der Waals surface area (Å²) in [6, 6.07) is -0.120. The Hall–Kier alpha value is -0.820. The molecular formula is C12H23NO5S. The van der Waals surface area contributed by atoms with Gasteiger partial charge in [0.25, 0.3) is 0 Å². The highest BCUT2D eigenvalue weighted by Crippen LogP contribution is 2.16. The molecule has 1 aliphatic heterocycles. The number of sulfone groups is 1. The normalized spacial score (nSPS) is 24.8. The van der Waals surface area contributed by atoms with Gasteiger partial charge in [-0.05, 0) is 33.6 Å². The van der Waals surface area contributed by atoms with Crippen molar-refractivity contribution in [3.63, 3.8) is 0 Å². The van der Waals surface area contributed by atoms with Crippen LogP contribution < -0.4 is 5.32 Å². The van der Waals surface area contributed by atoms with Crippen molar-refractivity contribution in [3.05, 3.63) is 0 Å². The molecule has 0 bridgehead atoms. The smallest absolute Gasteiger partial charge is 0.407 e. The first-order chi connectivity index (χ1) is 8.55. The van der Waals surface area contributed by atoms with E-state index in [-0.39, 0.29) is 17.9 Å². The van der Waals surface area contributed by atoms with Crippen molar-refractivity contribution in [3.8, 4) is 0 Å². The molecule has 0 saturated carbocycles. The predicted octanol–water partition coefficient (Wildman–Crippen LogP) is 1.10. The van der Waals surface area contributed by atoms with Gasteiger partial charge in [0.15, 0.2) is 0 Å². The summed E-state index contributed by atoms with van der Waals surface area (Å²) in [5.74, 6) is 0.0339. The maximum atomic E-state index is 11.6. The lowest BCUT2D eigenvalue weighted by molar-refractivity contribution is 0.00271. The summed E-state index contributed by atoms with van der Waals surface area (Å²) in [6.45, 7) is 5.71. The quantitative estimate of drug-likeness (QED) is 0.842. The van der Waals surface area contributed by atoms with Crippen LogP contribution in [-0.2, 0) is 19.3 Å². The molecule has 6 nitrogen and oxygen atoms in total. The van der Waals surface area contributed by atoms with Crippen LogP contribution in [0, 0.1) is 0 Å². The number of alkyl carbamates (subject to hydrolysis) is 1. The molecule has 0 unspecified atom stereocenters. The molecular weight excluding hydrogens is 270 g/mol. The standard InChI is InChI=1S/C12H23NO5S/c1-12(2,3)18-11(14)13-9-5-6-10(17-7-9)8-19(4,15)16/h9-10H,5-8H2,1-4H3,(H,13,14)/t9-,10+/m1/s1. The lowest BCUT2D eigenvalue weighted by Gasteiger charge is -2.30. The van der Waals surface area contributed by atoms with Gasteiger partial charge in [0, 0.05) is 6.26 Å². The highest BCUT2D eigenvalue weighted by Gasteiger charge is 2.26. The molecule has 1 aliphatic rings. The summed E-state index contributed by atoms with van der Waals surface area (Å²) < 4.78 is 32.9. The topological polar surface area (TPSA) is 81.7 Å². The van der Waals surface area contributed by atoms with E-state index < -0.39 is 21.5 Å². The Morgan fingerprint density at radius 2 is 2.00 bits per heavy atom. The van der Waals surface area contributed by atoms with Crippen LogP contribution in [-0.4, -0.2) is 50.9 Å². The van der Waals surface area contributed by atoms with Crippen LogP contribution >= 0.6 is 0 Å². The van der Waals surface area contributed by atoms with E-state index in [4.69, 9.17) is 9.47 Å². The molecule has 1 rings (SSSR count). The van der Waals surface area contributed by atoms with Gasteiger partial charge in [0.2, 0.25) is 0 Å². The van der Waals surface area contributed by atoms with Crippen LogP contribution in [0.3, 0.4) is 0 Å². The van der Waals surface area contributed by atoms with Gasteiger partial charge in [0.05, 0.1) is 24.5 Å². The van der Waals surface area contributed by atoms with Crippen LogP contribution in [0.5, 0.6) is 0 Å². The van der Waals surface area contributed by atoms with Crippen LogP contribution in [0.15, 0.2) is 0 Å². The Kier molecular flexibility index (Phi) is 5.20. The van der Waals surface area contributed by atoms with Crippen molar-refractivity contribution in [2.45, 2.75) is 51.4 Å². The fraction of sp³-hybridized carbons (Fsp3) is 0.917. The third-order valence-corrected chi connectivity index (χ3v) is 3.56. The van der Waals surface area contributed by atoms with E-state index in [0.717, 1.165) is 0 Å². The Bertz CT molecular complexity index is 404. The number of rotatable bonds is 3. The highest BCUT2D eigenvalue weighted by molar-refractivity contribution is 7.90. The lowest BCUT2D eigenvalue weighted by Crippen LogP contribution is -2.45. The third-order valence-electron chi connectivity index (χ3n) is 2.58. The van der Waals surface area contributed by atoms with E-state index in [1.54, 1.807) is 20.8 Å². The van der Waals surface area contributed by atoms with Gasteiger partial charge in [-0.1, -0.05) is 0 Å². The zero-order valence-electron chi connectivity index (χ0n) is 11.9. The second kappa shape index (κ2) is 6.09. The van der Waals surface area contributed by atoms with Crippen LogP contribution in [0.1, 0.15) is 33.6 Å². The molecule has 112 valence electrons. The summed E-state index contributed by atoms with van der Waals surface area (Å²) in [5, 5.41) is 2.72. The lowest BCUT2D eigenvalue weighted by atomic mass is 10.1. The Labute approximate surface area is 114 Å². The summed E-state index contributed by atoms with van der Waals surface area (Å²) in [5.41, 5.74) is -0.529. The molecule has 7 heteroatoms. The largest absolute Gasteiger partial charge is 0.444 e. The van der Waals surface area contributed by atoms with Crippen molar-refractivity contribution in [2.75, 3.05) is 18.6 Å². The second-order valence-electron chi connectivity index (χ2n) is 5.97. The van der Waals surface area contributed by atoms with E-state index in [2.05, 4.69) is 5.32 Å². The van der Waals surface area contributed by atoms with Gasteiger partial charge >= 0.3 is 6.09 Å². The minimum atomic E-state index is -3.03. The number of ether oxygens (including phenoxy) is 2.